The second-order valence-electron chi connectivity index (χ2n) is 6.60. The van der Waals surface area contributed by atoms with E-state index in [1.807, 2.05) is 24.3 Å². The Labute approximate surface area is 150 Å². The number of benzene rings is 2. The van der Waals surface area contributed by atoms with Gasteiger partial charge in [0.05, 0.1) is 20.8 Å². The second-order valence-corrected chi connectivity index (χ2v) is 6.60. The maximum Gasteiger partial charge on any atom is 0.160 e. The number of hydrogen-bond acceptors (Lipinski definition) is 4. The van der Waals surface area contributed by atoms with Gasteiger partial charge in [0.1, 0.15) is 5.75 Å². The van der Waals surface area contributed by atoms with Crippen molar-refractivity contribution in [2.75, 3.05) is 27.4 Å². The molecule has 0 bridgehead atoms. The number of methoxy groups -OCH3 is 2. The van der Waals surface area contributed by atoms with E-state index < -0.39 is 0 Å². The van der Waals surface area contributed by atoms with Crippen LogP contribution in [-0.4, -0.2) is 27.4 Å². The molecule has 2 aromatic carbocycles. The zero-order chi connectivity index (χ0) is 18.2. The van der Waals surface area contributed by atoms with Crippen molar-refractivity contribution in [2.24, 2.45) is 11.7 Å². The Morgan fingerprint density at radius 2 is 1.60 bits per heavy atom. The van der Waals surface area contributed by atoms with Crippen LogP contribution < -0.4 is 19.9 Å². The highest BCUT2D eigenvalue weighted by Gasteiger charge is 2.14. The van der Waals surface area contributed by atoms with Crippen molar-refractivity contribution < 1.29 is 14.2 Å². The lowest BCUT2D eigenvalue weighted by molar-refractivity contribution is 0.271. The summed E-state index contributed by atoms with van der Waals surface area (Å²) in [6.07, 6.45) is 0.871. The molecule has 2 N–H and O–H groups in total. The lowest BCUT2D eigenvalue weighted by atomic mass is 9.92. The van der Waals surface area contributed by atoms with Crippen molar-refractivity contribution in [1.82, 2.24) is 0 Å². The van der Waals surface area contributed by atoms with Gasteiger partial charge >= 0.3 is 0 Å². The zero-order valence-corrected chi connectivity index (χ0v) is 15.6. The molecule has 0 spiro atoms. The van der Waals surface area contributed by atoms with E-state index in [2.05, 4.69) is 32.0 Å². The molecule has 4 nitrogen and oxygen atoms in total. The van der Waals surface area contributed by atoms with Gasteiger partial charge < -0.3 is 19.9 Å². The SMILES string of the molecule is COc1ccc(C(CN)Cc2ccc(OCC(C)C)cc2)cc1OC. The molecule has 1 atom stereocenters. The van der Waals surface area contributed by atoms with Crippen LogP contribution in [0.4, 0.5) is 0 Å². The second kappa shape index (κ2) is 9.33. The third-order valence-electron chi connectivity index (χ3n) is 4.15. The Morgan fingerprint density at radius 1 is 0.920 bits per heavy atom. The molecule has 4 heteroatoms. The molecular formula is C21H29NO3. The van der Waals surface area contributed by atoms with Gasteiger partial charge in [-0.3, -0.25) is 0 Å². The maximum absolute atomic E-state index is 6.03. The van der Waals surface area contributed by atoms with Crippen LogP contribution in [0.5, 0.6) is 17.2 Å². The summed E-state index contributed by atoms with van der Waals surface area (Å²) in [5.41, 5.74) is 8.42. The summed E-state index contributed by atoms with van der Waals surface area (Å²) in [7, 11) is 3.29. The largest absolute Gasteiger partial charge is 0.493 e. The Morgan fingerprint density at radius 3 is 2.16 bits per heavy atom. The first-order valence-corrected chi connectivity index (χ1v) is 8.71. The molecule has 0 aliphatic carbocycles. The molecule has 0 amide bonds. The molecule has 2 rings (SSSR count). The minimum Gasteiger partial charge on any atom is -0.493 e. The van der Waals surface area contributed by atoms with Gasteiger partial charge in [-0.15, -0.1) is 0 Å². The standard InChI is InChI=1S/C21H29NO3/c1-15(2)14-25-19-8-5-16(6-9-19)11-18(13-22)17-7-10-20(23-3)21(12-17)24-4/h5-10,12,15,18H,11,13-14,22H2,1-4H3. The molecule has 0 aromatic heterocycles. The van der Waals surface area contributed by atoms with Gasteiger partial charge in [-0.25, -0.2) is 0 Å². The van der Waals surface area contributed by atoms with E-state index in [0.717, 1.165) is 35.8 Å². The topological polar surface area (TPSA) is 53.7 Å². The van der Waals surface area contributed by atoms with E-state index in [4.69, 9.17) is 19.9 Å². The minimum atomic E-state index is 0.224. The Hall–Kier alpha value is -2.20. The van der Waals surface area contributed by atoms with Crippen molar-refractivity contribution in [2.45, 2.75) is 26.2 Å². The molecule has 0 fully saturated rings. The Balaban J connectivity index is 2.09. The van der Waals surface area contributed by atoms with E-state index in [-0.39, 0.29) is 5.92 Å². The van der Waals surface area contributed by atoms with Gasteiger partial charge in [0.25, 0.3) is 0 Å². The third kappa shape index (κ3) is 5.40. The fraction of sp³-hybridized carbons (Fsp3) is 0.429. The average molecular weight is 343 g/mol. The van der Waals surface area contributed by atoms with Crippen LogP contribution in [0.3, 0.4) is 0 Å². The molecule has 0 heterocycles. The molecule has 2 aromatic rings. The van der Waals surface area contributed by atoms with E-state index >= 15 is 0 Å². The highest BCUT2D eigenvalue weighted by atomic mass is 16.5. The summed E-state index contributed by atoms with van der Waals surface area (Å²) < 4.78 is 16.4. The normalized spacial score (nSPS) is 12.1. The molecule has 136 valence electrons. The molecular weight excluding hydrogens is 314 g/mol. The summed E-state index contributed by atoms with van der Waals surface area (Å²) in [5, 5.41) is 0. The predicted octanol–water partition coefficient (Wildman–Crippen LogP) is 4.02. The summed E-state index contributed by atoms with van der Waals surface area (Å²) >= 11 is 0. The van der Waals surface area contributed by atoms with Crippen LogP contribution in [0.1, 0.15) is 30.9 Å². The number of nitrogens with two attached hydrogens (primary N) is 1. The van der Waals surface area contributed by atoms with E-state index in [0.29, 0.717) is 12.5 Å². The van der Waals surface area contributed by atoms with E-state index in [1.54, 1.807) is 14.2 Å². The number of ether oxygens (including phenoxy) is 3. The van der Waals surface area contributed by atoms with Gasteiger partial charge in [0.15, 0.2) is 11.5 Å². The monoisotopic (exact) mass is 343 g/mol. The first-order chi connectivity index (χ1) is 12.1. The van der Waals surface area contributed by atoms with Gasteiger partial charge in [-0.05, 0) is 54.3 Å². The third-order valence-corrected chi connectivity index (χ3v) is 4.15. The first kappa shape index (κ1) is 19.1. The highest BCUT2D eigenvalue weighted by Crippen LogP contribution is 2.31. The summed E-state index contributed by atoms with van der Waals surface area (Å²) in [6.45, 7) is 5.59. The van der Waals surface area contributed by atoms with Gasteiger partial charge in [0, 0.05) is 5.92 Å². The lowest BCUT2D eigenvalue weighted by Crippen LogP contribution is -2.15. The van der Waals surface area contributed by atoms with E-state index in [9.17, 15) is 0 Å². The Kier molecular flexibility index (Phi) is 7.14. The van der Waals surface area contributed by atoms with Crippen molar-refractivity contribution >= 4 is 0 Å². The van der Waals surface area contributed by atoms with Crippen LogP contribution in [0.2, 0.25) is 0 Å². The van der Waals surface area contributed by atoms with Crippen LogP contribution in [0.25, 0.3) is 0 Å². The molecule has 0 radical (unpaired) electrons. The highest BCUT2D eigenvalue weighted by molar-refractivity contribution is 5.44. The van der Waals surface area contributed by atoms with Crippen LogP contribution >= 0.6 is 0 Å². The number of hydrogen-bond donors (Lipinski definition) is 1. The summed E-state index contributed by atoms with van der Waals surface area (Å²) in [4.78, 5) is 0. The fourth-order valence-corrected chi connectivity index (χ4v) is 2.71. The summed E-state index contributed by atoms with van der Waals surface area (Å²) in [5.74, 6) is 3.12. The molecule has 0 aliphatic rings. The predicted molar refractivity (Wildman–Crippen MR) is 102 cm³/mol. The maximum atomic E-state index is 6.03. The van der Waals surface area contributed by atoms with Crippen LogP contribution in [-0.2, 0) is 6.42 Å². The van der Waals surface area contributed by atoms with Gasteiger partial charge in [0.2, 0.25) is 0 Å². The molecule has 1 unspecified atom stereocenters. The molecule has 0 aliphatic heterocycles. The van der Waals surface area contributed by atoms with Crippen molar-refractivity contribution in [3.05, 3.63) is 53.6 Å². The van der Waals surface area contributed by atoms with Gasteiger partial charge in [-0.1, -0.05) is 32.0 Å². The van der Waals surface area contributed by atoms with Crippen LogP contribution in [0.15, 0.2) is 42.5 Å². The lowest BCUT2D eigenvalue weighted by Gasteiger charge is -2.18. The van der Waals surface area contributed by atoms with Crippen molar-refractivity contribution in [3.63, 3.8) is 0 Å². The zero-order valence-electron chi connectivity index (χ0n) is 15.6. The molecule has 25 heavy (non-hydrogen) atoms. The average Bonchev–Trinajstić information content (AvgIpc) is 2.64. The smallest absolute Gasteiger partial charge is 0.160 e. The number of rotatable bonds is 9. The minimum absolute atomic E-state index is 0.224. The quantitative estimate of drug-likeness (QED) is 0.747. The Bertz CT molecular complexity index is 653. The molecule has 0 saturated carbocycles. The first-order valence-electron chi connectivity index (χ1n) is 8.71. The van der Waals surface area contributed by atoms with Gasteiger partial charge in [-0.2, -0.15) is 0 Å². The van der Waals surface area contributed by atoms with Crippen molar-refractivity contribution in [1.29, 1.82) is 0 Å². The summed E-state index contributed by atoms with van der Waals surface area (Å²) in [6, 6.07) is 14.3. The van der Waals surface area contributed by atoms with Crippen LogP contribution in [0, 0.1) is 5.92 Å². The fourth-order valence-electron chi connectivity index (χ4n) is 2.71. The van der Waals surface area contributed by atoms with E-state index in [1.165, 1.54) is 5.56 Å². The molecule has 0 saturated heterocycles. The van der Waals surface area contributed by atoms with Crippen molar-refractivity contribution in [3.8, 4) is 17.2 Å².